The summed E-state index contributed by atoms with van der Waals surface area (Å²) in [6, 6.07) is 7.39. The lowest BCUT2D eigenvalue weighted by atomic mass is 9.78. The first-order valence-electron chi connectivity index (χ1n) is 8.18. The molecule has 124 valence electrons. The number of ether oxygens (including phenoxy) is 1. The Bertz CT molecular complexity index is 598. The van der Waals surface area contributed by atoms with Crippen LogP contribution in [0.25, 0.3) is 0 Å². The molecule has 2 aliphatic carbocycles. The van der Waals surface area contributed by atoms with Crippen LogP contribution in [0.5, 0.6) is 5.75 Å². The molecule has 5 nitrogen and oxygen atoms in total. The van der Waals surface area contributed by atoms with Crippen molar-refractivity contribution in [3.05, 3.63) is 29.8 Å². The second-order valence-electron chi connectivity index (χ2n) is 6.73. The van der Waals surface area contributed by atoms with Crippen molar-refractivity contribution < 1.29 is 19.4 Å². The van der Waals surface area contributed by atoms with Gasteiger partial charge < -0.3 is 15.2 Å². The van der Waals surface area contributed by atoms with Gasteiger partial charge in [0.15, 0.2) is 0 Å². The third kappa shape index (κ3) is 2.92. The van der Waals surface area contributed by atoms with Gasteiger partial charge in [0.2, 0.25) is 5.91 Å². The highest BCUT2D eigenvalue weighted by atomic mass is 16.5. The SMILES string of the molecule is COc1ccc([C@@H](C)NC(=O)[C@@H]2[C@H]3CC[C@@H](C3)[C@@H]2C(=O)O)cc1. The number of carboxylic acids is 1. The Kier molecular flexibility index (Phi) is 4.28. The first-order valence-corrected chi connectivity index (χ1v) is 8.18. The Hall–Kier alpha value is -2.04. The molecule has 2 saturated carbocycles. The van der Waals surface area contributed by atoms with E-state index in [1.807, 2.05) is 31.2 Å². The average molecular weight is 317 g/mol. The molecule has 0 heterocycles. The molecule has 2 fully saturated rings. The standard InChI is InChI=1S/C18H23NO4/c1-10(11-5-7-14(23-2)8-6-11)19-17(20)15-12-3-4-13(9-12)16(15)18(21)22/h5-8,10,12-13,15-16H,3-4,9H2,1-2H3,(H,19,20)(H,21,22)/t10-,12+,13+,15-,16+/m1/s1. The van der Waals surface area contributed by atoms with Gasteiger partial charge >= 0.3 is 5.97 Å². The van der Waals surface area contributed by atoms with Crippen LogP contribution < -0.4 is 10.1 Å². The van der Waals surface area contributed by atoms with Gasteiger partial charge in [0.25, 0.3) is 0 Å². The van der Waals surface area contributed by atoms with E-state index < -0.39 is 11.9 Å². The number of aliphatic carboxylic acids is 1. The summed E-state index contributed by atoms with van der Waals surface area (Å²) in [6.45, 7) is 1.92. The van der Waals surface area contributed by atoms with E-state index in [0.29, 0.717) is 0 Å². The highest BCUT2D eigenvalue weighted by Crippen LogP contribution is 2.52. The van der Waals surface area contributed by atoms with Gasteiger partial charge in [-0.25, -0.2) is 0 Å². The smallest absolute Gasteiger partial charge is 0.307 e. The predicted molar refractivity (Wildman–Crippen MR) is 85.0 cm³/mol. The van der Waals surface area contributed by atoms with E-state index in [0.717, 1.165) is 30.6 Å². The maximum absolute atomic E-state index is 12.7. The molecule has 2 N–H and O–H groups in total. The van der Waals surface area contributed by atoms with Gasteiger partial charge in [0, 0.05) is 0 Å². The van der Waals surface area contributed by atoms with Crippen molar-refractivity contribution in [2.75, 3.05) is 7.11 Å². The monoisotopic (exact) mass is 317 g/mol. The molecule has 0 aromatic heterocycles. The highest BCUT2D eigenvalue weighted by molar-refractivity contribution is 5.86. The van der Waals surface area contributed by atoms with Gasteiger partial charge in [-0.1, -0.05) is 12.1 Å². The molecule has 0 radical (unpaired) electrons. The predicted octanol–water partition coefficient (Wildman–Crippen LogP) is 2.62. The number of hydrogen-bond donors (Lipinski definition) is 2. The van der Waals surface area contributed by atoms with E-state index in [9.17, 15) is 14.7 Å². The van der Waals surface area contributed by atoms with Crippen LogP contribution in [0.4, 0.5) is 0 Å². The fourth-order valence-electron chi connectivity index (χ4n) is 4.31. The molecule has 1 amide bonds. The van der Waals surface area contributed by atoms with Crippen molar-refractivity contribution in [2.24, 2.45) is 23.7 Å². The molecule has 1 aromatic rings. The molecule has 5 atom stereocenters. The van der Waals surface area contributed by atoms with Crippen LogP contribution >= 0.6 is 0 Å². The maximum atomic E-state index is 12.7. The van der Waals surface area contributed by atoms with Crippen molar-refractivity contribution >= 4 is 11.9 Å². The van der Waals surface area contributed by atoms with E-state index >= 15 is 0 Å². The number of amides is 1. The first kappa shape index (κ1) is 15.8. The molecule has 0 saturated heterocycles. The van der Waals surface area contributed by atoms with E-state index in [1.54, 1.807) is 7.11 Å². The third-order valence-corrected chi connectivity index (χ3v) is 5.48. The molecular weight excluding hydrogens is 294 g/mol. The lowest BCUT2D eigenvalue weighted by Gasteiger charge is -2.28. The number of carbonyl (C=O) groups is 2. The van der Waals surface area contributed by atoms with Gasteiger partial charge in [-0.15, -0.1) is 0 Å². The number of benzene rings is 1. The number of carboxylic acid groups (broad SMARTS) is 1. The Morgan fingerprint density at radius 2 is 1.78 bits per heavy atom. The van der Waals surface area contributed by atoms with Gasteiger partial charge in [-0.3, -0.25) is 9.59 Å². The second-order valence-corrected chi connectivity index (χ2v) is 6.73. The maximum Gasteiger partial charge on any atom is 0.307 e. The van der Waals surface area contributed by atoms with Crippen LogP contribution in [0.1, 0.15) is 37.8 Å². The number of fused-ring (bicyclic) bond motifs is 2. The number of rotatable bonds is 5. The van der Waals surface area contributed by atoms with Crippen LogP contribution in [0.3, 0.4) is 0 Å². The summed E-state index contributed by atoms with van der Waals surface area (Å²) >= 11 is 0. The summed E-state index contributed by atoms with van der Waals surface area (Å²) < 4.78 is 5.13. The molecule has 2 aliphatic rings. The average Bonchev–Trinajstić information content (AvgIpc) is 3.15. The molecule has 0 spiro atoms. The summed E-state index contributed by atoms with van der Waals surface area (Å²) in [7, 11) is 1.61. The Labute approximate surface area is 136 Å². The zero-order chi connectivity index (χ0) is 16.6. The van der Waals surface area contributed by atoms with E-state index in [-0.39, 0.29) is 29.7 Å². The van der Waals surface area contributed by atoms with Crippen molar-refractivity contribution in [3.63, 3.8) is 0 Å². The molecule has 0 aliphatic heterocycles. The van der Waals surface area contributed by atoms with Crippen molar-refractivity contribution in [3.8, 4) is 5.75 Å². The van der Waals surface area contributed by atoms with E-state index in [1.165, 1.54) is 0 Å². The minimum atomic E-state index is -0.825. The third-order valence-electron chi connectivity index (χ3n) is 5.48. The number of nitrogens with one attached hydrogen (secondary N) is 1. The number of carbonyl (C=O) groups excluding carboxylic acids is 1. The molecular formula is C18H23NO4. The molecule has 2 bridgehead atoms. The van der Waals surface area contributed by atoms with Crippen LogP contribution in [0.15, 0.2) is 24.3 Å². The van der Waals surface area contributed by atoms with Crippen molar-refractivity contribution in [2.45, 2.75) is 32.2 Å². The van der Waals surface area contributed by atoms with Crippen LogP contribution in [0.2, 0.25) is 0 Å². The summed E-state index contributed by atoms with van der Waals surface area (Å²) in [5.41, 5.74) is 0.981. The molecule has 5 heteroatoms. The highest BCUT2D eigenvalue weighted by Gasteiger charge is 2.54. The van der Waals surface area contributed by atoms with Gasteiger partial charge in [0.1, 0.15) is 5.75 Å². The summed E-state index contributed by atoms with van der Waals surface area (Å²) in [6.07, 6.45) is 2.80. The summed E-state index contributed by atoms with van der Waals surface area (Å²) in [5.74, 6) is -0.675. The van der Waals surface area contributed by atoms with Crippen molar-refractivity contribution in [1.29, 1.82) is 0 Å². The minimum absolute atomic E-state index is 0.118. The van der Waals surface area contributed by atoms with Gasteiger partial charge in [0.05, 0.1) is 25.0 Å². The normalized spacial score (nSPS) is 30.0. The Balaban J connectivity index is 1.69. The number of methoxy groups -OCH3 is 1. The first-order chi connectivity index (χ1) is 11.0. The number of hydrogen-bond acceptors (Lipinski definition) is 3. The fourth-order valence-corrected chi connectivity index (χ4v) is 4.31. The lowest BCUT2D eigenvalue weighted by Crippen LogP contribution is -2.42. The Morgan fingerprint density at radius 3 is 2.35 bits per heavy atom. The minimum Gasteiger partial charge on any atom is -0.497 e. The largest absolute Gasteiger partial charge is 0.497 e. The quantitative estimate of drug-likeness (QED) is 0.875. The summed E-state index contributed by atoms with van der Waals surface area (Å²) in [5, 5.41) is 12.5. The Morgan fingerprint density at radius 1 is 1.17 bits per heavy atom. The molecule has 3 rings (SSSR count). The summed E-state index contributed by atoms with van der Waals surface area (Å²) in [4.78, 5) is 24.2. The fraction of sp³-hybridized carbons (Fsp3) is 0.556. The molecule has 0 unspecified atom stereocenters. The van der Waals surface area contributed by atoms with E-state index in [2.05, 4.69) is 5.32 Å². The van der Waals surface area contributed by atoms with Crippen LogP contribution in [-0.4, -0.2) is 24.1 Å². The van der Waals surface area contributed by atoms with Crippen LogP contribution in [0, 0.1) is 23.7 Å². The van der Waals surface area contributed by atoms with Gasteiger partial charge in [-0.05, 0) is 55.7 Å². The van der Waals surface area contributed by atoms with E-state index in [4.69, 9.17) is 4.74 Å². The zero-order valence-corrected chi connectivity index (χ0v) is 13.5. The van der Waals surface area contributed by atoms with Crippen LogP contribution in [-0.2, 0) is 9.59 Å². The van der Waals surface area contributed by atoms with Crippen molar-refractivity contribution in [1.82, 2.24) is 5.32 Å². The topological polar surface area (TPSA) is 75.6 Å². The zero-order valence-electron chi connectivity index (χ0n) is 13.5. The molecule has 23 heavy (non-hydrogen) atoms. The second kappa shape index (κ2) is 6.22. The molecule has 1 aromatic carbocycles. The lowest BCUT2D eigenvalue weighted by molar-refractivity contribution is -0.149. The van der Waals surface area contributed by atoms with Gasteiger partial charge in [-0.2, -0.15) is 0 Å².